The van der Waals surface area contributed by atoms with Crippen LogP contribution in [-0.2, 0) is 14.4 Å². The first-order valence-corrected chi connectivity index (χ1v) is 13.0. The fraction of sp³-hybridized carbons (Fsp3) is 0.182. The number of amides is 2. The van der Waals surface area contributed by atoms with Gasteiger partial charge in [0, 0.05) is 16.9 Å². The number of hydrogen-bond acceptors (Lipinski definition) is 5. The smallest absolute Gasteiger partial charge is 0.319 e. The van der Waals surface area contributed by atoms with E-state index in [2.05, 4.69) is 0 Å². The summed E-state index contributed by atoms with van der Waals surface area (Å²) in [5.41, 5.74) is 3.91. The van der Waals surface area contributed by atoms with Crippen molar-refractivity contribution in [1.82, 2.24) is 0 Å². The van der Waals surface area contributed by atoms with Crippen LogP contribution in [0.15, 0.2) is 91.0 Å². The van der Waals surface area contributed by atoms with Crippen molar-refractivity contribution in [2.75, 3.05) is 12.0 Å². The van der Waals surface area contributed by atoms with Gasteiger partial charge in [0.05, 0.1) is 30.6 Å². The number of methoxy groups -OCH3 is 1. The predicted molar refractivity (Wildman–Crippen MR) is 147 cm³/mol. The van der Waals surface area contributed by atoms with Gasteiger partial charge in [-0.25, -0.2) is 4.90 Å². The maximum absolute atomic E-state index is 14.3. The molecule has 0 radical (unpaired) electrons. The zero-order valence-electron chi connectivity index (χ0n) is 21.5. The normalized spacial score (nSPS) is 23.6. The van der Waals surface area contributed by atoms with Crippen LogP contribution in [0.2, 0.25) is 0 Å². The Labute approximate surface area is 225 Å². The molecule has 1 aliphatic carbocycles. The van der Waals surface area contributed by atoms with E-state index < -0.39 is 29.6 Å². The molecule has 4 aromatic carbocycles. The largest absolute Gasteiger partial charge is 0.497 e. The molecule has 0 bridgehead atoms. The van der Waals surface area contributed by atoms with Crippen LogP contribution in [-0.4, -0.2) is 24.9 Å². The van der Waals surface area contributed by atoms with E-state index in [0.29, 0.717) is 17.2 Å². The fourth-order valence-electron chi connectivity index (χ4n) is 6.46. The van der Waals surface area contributed by atoms with Gasteiger partial charge in [-0.2, -0.15) is 0 Å². The quantitative estimate of drug-likeness (QED) is 0.199. The molecule has 3 aliphatic rings. The molecule has 0 aromatic heterocycles. The van der Waals surface area contributed by atoms with Crippen LogP contribution >= 0.6 is 0 Å². The molecule has 2 aliphatic heterocycles. The topological polar surface area (TPSA) is 72.9 Å². The number of aryl methyl sites for hydroxylation is 1. The number of carbonyl (C=O) groups excluding carboxylic acids is 3. The number of rotatable bonds is 3. The molecule has 192 valence electrons. The highest BCUT2D eigenvalue weighted by molar-refractivity contribution is 6.27. The van der Waals surface area contributed by atoms with Crippen LogP contribution in [0, 0.1) is 24.7 Å². The summed E-state index contributed by atoms with van der Waals surface area (Å²) in [5, 5.41) is 1.74. The van der Waals surface area contributed by atoms with Crippen LogP contribution in [0.1, 0.15) is 22.6 Å². The summed E-state index contributed by atoms with van der Waals surface area (Å²) in [6.45, 7) is 1.94. The number of nitrogens with zero attached hydrogens (tertiary/aromatic N) is 1. The van der Waals surface area contributed by atoms with E-state index in [0.717, 1.165) is 33.0 Å². The molecule has 2 amide bonds. The minimum Gasteiger partial charge on any atom is -0.497 e. The average Bonchev–Trinajstić information content (AvgIpc) is 3.21. The van der Waals surface area contributed by atoms with Gasteiger partial charge < -0.3 is 9.47 Å². The van der Waals surface area contributed by atoms with Gasteiger partial charge in [-0.3, -0.25) is 14.4 Å². The van der Waals surface area contributed by atoms with E-state index in [4.69, 9.17) is 9.47 Å². The zero-order valence-corrected chi connectivity index (χ0v) is 21.5. The van der Waals surface area contributed by atoms with Gasteiger partial charge in [-0.1, -0.05) is 66.7 Å². The Bertz CT molecular complexity index is 1710. The lowest BCUT2D eigenvalue weighted by Gasteiger charge is -2.38. The van der Waals surface area contributed by atoms with Gasteiger partial charge >= 0.3 is 5.97 Å². The van der Waals surface area contributed by atoms with Gasteiger partial charge in [-0.05, 0) is 53.3 Å². The molecule has 0 saturated carbocycles. The molecule has 6 nitrogen and oxygen atoms in total. The second-order valence-corrected chi connectivity index (χ2v) is 10.4. The summed E-state index contributed by atoms with van der Waals surface area (Å²) in [6.07, 6.45) is 2.00. The van der Waals surface area contributed by atoms with Crippen LogP contribution in [0.4, 0.5) is 5.69 Å². The SMILES string of the molecule is COc1ccc([C@@H]2C=C3c4ccc(C)cc4OC(=O)[C@@H]3[C@@H]3C(=O)N(c4cccc5ccccc45)C(=O)[C@H]32)cc1. The number of imide groups is 1. The maximum atomic E-state index is 14.3. The van der Waals surface area contributed by atoms with E-state index in [1.54, 1.807) is 13.2 Å². The number of benzene rings is 4. The fourth-order valence-corrected chi connectivity index (χ4v) is 6.46. The lowest BCUT2D eigenvalue weighted by molar-refractivity contribution is -0.142. The van der Waals surface area contributed by atoms with Crippen molar-refractivity contribution >= 4 is 39.8 Å². The number of anilines is 1. The monoisotopic (exact) mass is 515 g/mol. The summed E-state index contributed by atoms with van der Waals surface area (Å²) in [6, 6.07) is 26.6. The summed E-state index contributed by atoms with van der Waals surface area (Å²) in [4.78, 5) is 43.4. The molecule has 4 atom stereocenters. The van der Waals surface area contributed by atoms with Crippen LogP contribution in [0.3, 0.4) is 0 Å². The number of hydrogen-bond donors (Lipinski definition) is 0. The highest BCUT2D eigenvalue weighted by Crippen LogP contribution is 2.55. The average molecular weight is 516 g/mol. The summed E-state index contributed by atoms with van der Waals surface area (Å²) < 4.78 is 11.1. The van der Waals surface area contributed by atoms with Gasteiger partial charge in [0.25, 0.3) is 0 Å². The Balaban J connectivity index is 1.43. The third-order valence-electron chi connectivity index (χ3n) is 8.26. The van der Waals surface area contributed by atoms with E-state index in [9.17, 15) is 14.4 Å². The number of ether oxygens (including phenoxy) is 2. The number of esters is 1. The van der Waals surface area contributed by atoms with E-state index in [1.165, 1.54) is 4.90 Å². The molecule has 0 spiro atoms. The van der Waals surface area contributed by atoms with Gasteiger partial charge in [0.1, 0.15) is 11.5 Å². The van der Waals surface area contributed by atoms with Crippen molar-refractivity contribution in [2.45, 2.75) is 12.8 Å². The third-order valence-corrected chi connectivity index (χ3v) is 8.26. The molecule has 7 rings (SSSR count). The van der Waals surface area contributed by atoms with E-state index in [1.807, 2.05) is 91.9 Å². The van der Waals surface area contributed by atoms with Crippen LogP contribution in [0.5, 0.6) is 11.5 Å². The van der Waals surface area contributed by atoms with Crippen molar-refractivity contribution in [2.24, 2.45) is 17.8 Å². The molecule has 1 saturated heterocycles. The predicted octanol–water partition coefficient (Wildman–Crippen LogP) is 5.68. The Morgan fingerprint density at radius 1 is 0.821 bits per heavy atom. The minimum atomic E-state index is -0.884. The van der Waals surface area contributed by atoms with Crippen molar-refractivity contribution in [1.29, 1.82) is 0 Å². The molecule has 0 N–H and O–H groups in total. The number of carbonyl (C=O) groups is 3. The zero-order chi connectivity index (χ0) is 26.8. The molecular formula is C33H25NO5. The second-order valence-electron chi connectivity index (χ2n) is 10.4. The lowest BCUT2D eigenvalue weighted by Crippen LogP contribution is -2.42. The van der Waals surface area contributed by atoms with E-state index in [-0.39, 0.29) is 11.8 Å². The first kappa shape index (κ1) is 23.4. The molecule has 6 heteroatoms. The highest BCUT2D eigenvalue weighted by Gasteiger charge is 2.60. The van der Waals surface area contributed by atoms with Gasteiger partial charge in [0.15, 0.2) is 0 Å². The third kappa shape index (κ3) is 3.44. The van der Waals surface area contributed by atoms with E-state index >= 15 is 0 Å². The summed E-state index contributed by atoms with van der Waals surface area (Å²) in [5.74, 6) is -2.91. The Kier molecular flexibility index (Phi) is 5.20. The van der Waals surface area contributed by atoms with Gasteiger partial charge in [0.2, 0.25) is 11.8 Å². The summed E-state index contributed by atoms with van der Waals surface area (Å²) >= 11 is 0. The van der Waals surface area contributed by atoms with Crippen LogP contribution < -0.4 is 14.4 Å². The minimum absolute atomic E-state index is 0.306. The molecule has 39 heavy (non-hydrogen) atoms. The van der Waals surface area contributed by atoms with Crippen molar-refractivity contribution in [3.63, 3.8) is 0 Å². The molecule has 2 heterocycles. The highest BCUT2D eigenvalue weighted by atomic mass is 16.5. The Hall–Kier alpha value is -4.71. The van der Waals surface area contributed by atoms with Crippen molar-refractivity contribution in [3.8, 4) is 11.5 Å². The first-order chi connectivity index (χ1) is 19.0. The summed E-state index contributed by atoms with van der Waals surface area (Å²) in [7, 11) is 1.60. The van der Waals surface area contributed by atoms with Crippen molar-refractivity contribution < 1.29 is 23.9 Å². The number of fused-ring (bicyclic) bond motifs is 6. The first-order valence-electron chi connectivity index (χ1n) is 13.0. The lowest BCUT2D eigenvalue weighted by atomic mass is 9.64. The van der Waals surface area contributed by atoms with Crippen molar-refractivity contribution in [3.05, 3.63) is 108 Å². The Morgan fingerprint density at radius 3 is 2.36 bits per heavy atom. The standard InChI is InChI=1S/C33H25NO5/c1-18-10-15-23-25-17-24(20-11-13-21(38-2)14-12-20)28-30(29(25)33(37)39-27(23)16-18)32(36)34(31(28)35)26-9-5-7-19-6-3-4-8-22(19)26/h3-17,24,28-30H,1-2H3/t24-,28-,29-,30+/m0/s1. The molecule has 0 unspecified atom stereocenters. The Morgan fingerprint density at radius 2 is 1.56 bits per heavy atom. The molecule has 4 aromatic rings. The van der Waals surface area contributed by atoms with Crippen LogP contribution in [0.25, 0.3) is 16.3 Å². The molecule has 1 fully saturated rings. The number of allylic oxidation sites excluding steroid dienone is 1. The maximum Gasteiger partial charge on any atom is 0.319 e. The van der Waals surface area contributed by atoms with Gasteiger partial charge in [-0.15, -0.1) is 0 Å². The molecular weight excluding hydrogens is 490 g/mol. The second kappa shape index (κ2) is 8.67.